The third-order valence-corrected chi connectivity index (χ3v) is 7.15. The molecule has 0 radical (unpaired) electrons. The van der Waals surface area contributed by atoms with Crippen LogP contribution in [-0.2, 0) is 4.79 Å². The minimum absolute atomic E-state index is 0.0837. The first kappa shape index (κ1) is 25.8. The van der Waals surface area contributed by atoms with Crippen LogP contribution in [0.25, 0.3) is 0 Å². The van der Waals surface area contributed by atoms with Crippen molar-refractivity contribution in [2.24, 2.45) is 0 Å². The van der Waals surface area contributed by atoms with Gasteiger partial charge in [-0.3, -0.25) is 4.79 Å². The van der Waals surface area contributed by atoms with Crippen LogP contribution in [0.15, 0.2) is 58.9 Å². The standard InChI is InChI=1S/C28H35N5O2S/c1-7-8-16-36-28-31-27-29-20(6)24(26(34)30-23-11-9-10-18(4)19(23)5)25(33(27)32-28)21-12-14-22(15-13-21)35-17(2)3/h9-15,17,25H,7-8,16H2,1-6H3,(H,30,34)(H,29,31,32). The van der Waals surface area contributed by atoms with Crippen LogP contribution in [0.2, 0.25) is 0 Å². The molecule has 8 heteroatoms. The molecule has 36 heavy (non-hydrogen) atoms. The quantitative estimate of drug-likeness (QED) is 0.255. The summed E-state index contributed by atoms with van der Waals surface area (Å²) in [4.78, 5) is 18.5. The highest BCUT2D eigenvalue weighted by Crippen LogP contribution is 2.37. The predicted octanol–water partition coefficient (Wildman–Crippen LogP) is 6.50. The molecule has 0 bridgehead atoms. The molecule has 1 aliphatic rings. The lowest BCUT2D eigenvalue weighted by Gasteiger charge is -2.29. The molecule has 4 rings (SSSR count). The summed E-state index contributed by atoms with van der Waals surface area (Å²) in [6, 6.07) is 13.4. The highest BCUT2D eigenvalue weighted by Gasteiger charge is 2.34. The van der Waals surface area contributed by atoms with E-state index in [1.165, 1.54) is 0 Å². The molecule has 0 saturated heterocycles. The zero-order chi connectivity index (χ0) is 25.8. The van der Waals surface area contributed by atoms with Crippen molar-refractivity contribution in [1.82, 2.24) is 14.8 Å². The number of ether oxygens (including phenoxy) is 1. The van der Waals surface area contributed by atoms with E-state index < -0.39 is 6.04 Å². The summed E-state index contributed by atoms with van der Waals surface area (Å²) in [6.45, 7) is 12.2. The number of hydrogen-bond acceptors (Lipinski definition) is 6. The Kier molecular flexibility index (Phi) is 8.04. The summed E-state index contributed by atoms with van der Waals surface area (Å²) >= 11 is 1.64. The second kappa shape index (κ2) is 11.2. The number of amides is 1. The minimum Gasteiger partial charge on any atom is -0.491 e. The summed E-state index contributed by atoms with van der Waals surface area (Å²) in [7, 11) is 0. The zero-order valence-electron chi connectivity index (χ0n) is 21.9. The predicted molar refractivity (Wildman–Crippen MR) is 147 cm³/mol. The Morgan fingerprint density at radius 1 is 1.17 bits per heavy atom. The van der Waals surface area contributed by atoms with E-state index in [0.717, 1.165) is 52.4 Å². The second-order valence-corrected chi connectivity index (χ2v) is 10.4. The first-order valence-corrected chi connectivity index (χ1v) is 13.5. The van der Waals surface area contributed by atoms with Gasteiger partial charge in [0.05, 0.1) is 11.7 Å². The SMILES string of the molecule is CCCCSc1nc2n(n1)C(c1ccc(OC(C)C)cc1)C(C(=O)Nc1cccc(C)c1C)=C(C)N2. The summed E-state index contributed by atoms with van der Waals surface area (Å²) in [6.07, 6.45) is 2.31. The topological polar surface area (TPSA) is 81.1 Å². The maximum Gasteiger partial charge on any atom is 0.255 e. The molecule has 7 nitrogen and oxygen atoms in total. The van der Waals surface area contributed by atoms with Crippen LogP contribution in [0, 0.1) is 13.8 Å². The van der Waals surface area contributed by atoms with Crippen molar-refractivity contribution in [2.75, 3.05) is 16.4 Å². The van der Waals surface area contributed by atoms with Crippen LogP contribution in [0.3, 0.4) is 0 Å². The third kappa shape index (κ3) is 5.59. The Bertz CT molecular complexity index is 1260. The van der Waals surface area contributed by atoms with Gasteiger partial charge in [-0.1, -0.05) is 49.4 Å². The number of aryl methyl sites for hydroxylation is 1. The Hall–Kier alpha value is -3.26. The van der Waals surface area contributed by atoms with Crippen molar-refractivity contribution in [3.8, 4) is 5.75 Å². The molecule has 0 saturated carbocycles. The molecule has 2 heterocycles. The van der Waals surface area contributed by atoms with Gasteiger partial charge >= 0.3 is 0 Å². The number of rotatable bonds is 9. The van der Waals surface area contributed by atoms with Crippen LogP contribution in [0.1, 0.15) is 63.3 Å². The molecule has 2 aromatic carbocycles. The average molecular weight is 506 g/mol. The minimum atomic E-state index is -0.424. The highest BCUT2D eigenvalue weighted by molar-refractivity contribution is 7.99. The normalized spacial score (nSPS) is 15.0. The molecule has 1 amide bonds. The zero-order valence-corrected chi connectivity index (χ0v) is 22.7. The summed E-state index contributed by atoms with van der Waals surface area (Å²) in [5.41, 5.74) is 5.29. The van der Waals surface area contributed by atoms with Gasteiger partial charge in [-0.2, -0.15) is 4.98 Å². The van der Waals surface area contributed by atoms with E-state index in [0.29, 0.717) is 16.7 Å². The number of anilines is 2. The number of unbranched alkanes of at least 4 members (excludes halogenated alkanes) is 1. The summed E-state index contributed by atoms with van der Waals surface area (Å²) in [5, 5.41) is 12.0. The molecular weight excluding hydrogens is 470 g/mol. The van der Waals surface area contributed by atoms with Gasteiger partial charge in [0, 0.05) is 17.1 Å². The van der Waals surface area contributed by atoms with E-state index in [-0.39, 0.29) is 12.0 Å². The van der Waals surface area contributed by atoms with Gasteiger partial charge in [-0.25, -0.2) is 4.68 Å². The first-order valence-electron chi connectivity index (χ1n) is 12.5. The van der Waals surface area contributed by atoms with Gasteiger partial charge in [-0.05, 0) is 75.9 Å². The first-order chi connectivity index (χ1) is 17.3. The molecule has 190 valence electrons. The van der Waals surface area contributed by atoms with Crippen LogP contribution >= 0.6 is 11.8 Å². The van der Waals surface area contributed by atoms with E-state index in [1.807, 2.05) is 81.8 Å². The Morgan fingerprint density at radius 2 is 1.92 bits per heavy atom. The monoisotopic (exact) mass is 505 g/mol. The smallest absolute Gasteiger partial charge is 0.255 e. The van der Waals surface area contributed by atoms with E-state index in [2.05, 4.69) is 17.6 Å². The van der Waals surface area contributed by atoms with Gasteiger partial charge in [0.25, 0.3) is 5.91 Å². The van der Waals surface area contributed by atoms with Crippen molar-refractivity contribution >= 4 is 29.3 Å². The fourth-order valence-electron chi connectivity index (χ4n) is 4.18. The van der Waals surface area contributed by atoms with E-state index >= 15 is 0 Å². The van der Waals surface area contributed by atoms with Gasteiger partial charge in [0.15, 0.2) is 0 Å². The number of thioether (sulfide) groups is 1. The van der Waals surface area contributed by atoms with Crippen LogP contribution < -0.4 is 15.4 Å². The lowest BCUT2D eigenvalue weighted by Crippen LogP contribution is -2.31. The number of fused-ring (bicyclic) bond motifs is 1. The van der Waals surface area contributed by atoms with Crippen molar-refractivity contribution < 1.29 is 9.53 Å². The van der Waals surface area contributed by atoms with E-state index in [1.54, 1.807) is 11.8 Å². The Labute approximate surface area is 217 Å². The summed E-state index contributed by atoms with van der Waals surface area (Å²) in [5.74, 6) is 2.22. The number of nitrogens with one attached hydrogen (secondary N) is 2. The number of benzene rings is 2. The second-order valence-electron chi connectivity index (χ2n) is 9.37. The molecule has 2 N–H and O–H groups in total. The average Bonchev–Trinajstić information content (AvgIpc) is 3.23. The van der Waals surface area contributed by atoms with Gasteiger partial charge in [0.2, 0.25) is 11.1 Å². The highest BCUT2D eigenvalue weighted by atomic mass is 32.2. The molecule has 0 fully saturated rings. The maximum absolute atomic E-state index is 13.8. The van der Waals surface area contributed by atoms with E-state index in [9.17, 15) is 4.79 Å². The molecule has 0 spiro atoms. The number of carbonyl (C=O) groups is 1. The maximum atomic E-state index is 13.8. The van der Waals surface area contributed by atoms with Gasteiger partial charge in [-0.15, -0.1) is 5.10 Å². The molecule has 1 aliphatic heterocycles. The molecule has 1 unspecified atom stereocenters. The van der Waals surface area contributed by atoms with E-state index in [4.69, 9.17) is 14.8 Å². The van der Waals surface area contributed by atoms with Crippen LogP contribution in [-0.4, -0.2) is 32.5 Å². The van der Waals surface area contributed by atoms with Crippen LogP contribution in [0.4, 0.5) is 11.6 Å². The molecular formula is C28H35N5O2S. The number of aromatic nitrogens is 3. The largest absolute Gasteiger partial charge is 0.491 e. The fraction of sp³-hybridized carbons (Fsp3) is 0.393. The van der Waals surface area contributed by atoms with Crippen molar-refractivity contribution in [1.29, 1.82) is 0 Å². The molecule has 1 aromatic heterocycles. The number of allylic oxidation sites excluding steroid dienone is 1. The Balaban J connectivity index is 1.73. The van der Waals surface area contributed by atoms with Gasteiger partial charge < -0.3 is 15.4 Å². The third-order valence-electron chi connectivity index (χ3n) is 6.23. The van der Waals surface area contributed by atoms with Crippen molar-refractivity contribution in [2.45, 2.75) is 71.7 Å². The van der Waals surface area contributed by atoms with Crippen molar-refractivity contribution in [3.63, 3.8) is 0 Å². The molecule has 3 aromatic rings. The number of carbonyl (C=O) groups excluding carboxylic acids is 1. The molecule has 0 aliphatic carbocycles. The van der Waals surface area contributed by atoms with Crippen molar-refractivity contribution in [3.05, 3.63) is 70.4 Å². The van der Waals surface area contributed by atoms with Gasteiger partial charge in [0.1, 0.15) is 11.8 Å². The summed E-state index contributed by atoms with van der Waals surface area (Å²) < 4.78 is 7.67. The Morgan fingerprint density at radius 3 is 2.61 bits per heavy atom. The van der Waals surface area contributed by atoms with Crippen LogP contribution in [0.5, 0.6) is 5.75 Å². The number of hydrogen-bond donors (Lipinski definition) is 2. The lowest BCUT2D eigenvalue weighted by atomic mass is 9.94. The lowest BCUT2D eigenvalue weighted by molar-refractivity contribution is -0.113. The fourth-order valence-corrected chi connectivity index (χ4v) is 5.09. The number of nitrogens with zero attached hydrogens (tertiary/aromatic N) is 3. The molecule has 1 atom stereocenters.